The first kappa shape index (κ1) is 16.3. The molecule has 0 aromatic heterocycles. The summed E-state index contributed by atoms with van der Waals surface area (Å²) in [5.74, 6) is 1.61. The summed E-state index contributed by atoms with van der Waals surface area (Å²) in [5, 5.41) is 0. The highest BCUT2D eigenvalue weighted by molar-refractivity contribution is 5.79. The Labute approximate surface area is 128 Å². The Morgan fingerprint density at radius 1 is 1.29 bits per heavy atom. The van der Waals surface area contributed by atoms with E-state index >= 15 is 0 Å². The van der Waals surface area contributed by atoms with Gasteiger partial charge in [-0.15, -0.1) is 0 Å². The van der Waals surface area contributed by atoms with Gasteiger partial charge >= 0.3 is 0 Å². The molecule has 0 saturated carbocycles. The molecular weight excluding hydrogens is 264 g/mol. The van der Waals surface area contributed by atoms with Gasteiger partial charge in [0.25, 0.3) is 0 Å². The molecule has 4 heteroatoms. The molecule has 21 heavy (non-hydrogen) atoms. The number of amides is 2. The monoisotopic (exact) mass is 294 g/mol. The molecule has 0 aliphatic carbocycles. The minimum Gasteiger partial charge on any atom is -0.342 e. The van der Waals surface area contributed by atoms with Crippen molar-refractivity contribution in [2.24, 2.45) is 17.3 Å². The van der Waals surface area contributed by atoms with Gasteiger partial charge in [0.1, 0.15) is 0 Å². The van der Waals surface area contributed by atoms with Crippen molar-refractivity contribution in [3.63, 3.8) is 0 Å². The molecular formula is C17H30N2O2. The zero-order valence-corrected chi connectivity index (χ0v) is 14.0. The third kappa shape index (κ3) is 4.21. The van der Waals surface area contributed by atoms with Crippen LogP contribution in [0.25, 0.3) is 0 Å². The lowest BCUT2D eigenvalue weighted by Gasteiger charge is -2.26. The van der Waals surface area contributed by atoms with Crippen molar-refractivity contribution in [3.8, 4) is 0 Å². The molecule has 2 aliphatic heterocycles. The fraction of sp³-hybridized carbons (Fsp3) is 0.882. The molecule has 2 aliphatic rings. The minimum atomic E-state index is 0.186. The van der Waals surface area contributed by atoms with Crippen LogP contribution in [0.2, 0.25) is 0 Å². The van der Waals surface area contributed by atoms with Crippen molar-refractivity contribution in [1.82, 2.24) is 9.80 Å². The average Bonchev–Trinajstić information content (AvgIpc) is 2.96. The number of rotatable bonds is 4. The molecule has 0 aromatic rings. The van der Waals surface area contributed by atoms with Crippen molar-refractivity contribution < 1.29 is 9.59 Å². The highest BCUT2D eigenvalue weighted by Crippen LogP contribution is 2.34. The standard InChI is InChI=1S/C17H30N2O2/c1-13-7-9-19(11-13)15(20)6-5-8-18-12-14(10-16(18)21)17(2,3)4/h13-14H,5-12H2,1-4H3/t13-,14?/m0/s1. The summed E-state index contributed by atoms with van der Waals surface area (Å²) in [6.07, 6.45) is 3.17. The van der Waals surface area contributed by atoms with Crippen molar-refractivity contribution in [2.45, 2.75) is 53.4 Å². The fourth-order valence-corrected chi connectivity index (χ4v) is 3.31. The molecule has 2 amide bonds. The summed E-state index contributed by atoms with van der Waals surface area (Å²) in [7, 11) is 0. The van der Waals surface area contributed by atoms with Gasteiger partial charge in [-0.05, 0) is 30.1 Å². The molecule has 2 heterocycles. The third-order valence-electron chi connectivity index (χ3n) is 5.03. The van der Waals surface area contributed by atoms with E-state index in [1.165, 1.54) is 0 Å². The number of carbonyl (C=O) groups is 2. The predicted molar refractivity (Wildman–Crippen MR) is 83.7 cm³/mol. The van der Waals surface area contributed by atoms with E-state index in [2.05, 4.69) is 27.7 Å². The van der Waals surface area contributed by atoms with Gasteiger partial charge < -0.3 is 9.80 Å². The molecule has 2 rings (SSSR count). The lowest BCUT2D eigenvalue weighted by molar-refractivity contribution is -0.131. The van der Waals surface area contributed by atoms with Crippen molar-refractivity contribution in [1.29, 1.82) is 0 Å². The minimum absolute atomic E-state index is 0.186. The number of carbonyl (C=O) groups excluding carboxylic acids is 2. The quantitative estimate of drug-likeness (QED) is 0.799. The van der Waals surface area contributed by atoms with Gasteiger partial charge in [0.2, 0.25) is 11.8 Å². The van der Waals surface area contributed by atoms with E-state index in [0.29, 0.717) is 24.7 Å². The second-order valence-electron chi connectivity index (χ2n) is 7.94. The summed E-state index contributed by atoms with van der Waals surface area (Å²) in [5.41, 5.74) is 0.186. The highest BCUT2D eigenvalue weighted by atomic mass is 16.2. The maximum atomic E-state index is 12.1. The van der Waals surface area contributed by atoms with Crippen LogP contribution in [0.5, 0.6) is 0 Å². The van der Waals surface area contributed by atoms with Gasteiger partial charge in [0, 0.05) is 39.0 Å². The third-order valence-corrected chi connectivity index (χ3v) is 5.03. The fourth-order valence-electron chi connectivity index (χ4n) is 3.31. The van der Waals surface area contributed by atoms with Gasteiger partial charge in [-0.3, -0.25) is 9.59 Å². The van der Waals surface area contributed by atoms with Crippen LogP contribution in [0.15, 0.2) is 0 Å². The van der Waals surface area contributed by atoms with E-state index < -0.39 is 0 Å². The second-order valence-corrected chi connectivity index (χ2v) is 7.94. The maximum absolute atomic E-state index is 12.1. The lowest BCUT2D eigenvalue weighted by atomic mass is 9.80. The summed E-state index contributed by atoms with van der Waals surface area (Å²) >= 11 is 0. The van der Waals surface area contributed by atoms with Gasteiger partial charge in [-0.1, -0.05) is 27.7 Å². The predicted octanol–water partition coefficient (Wildman–Crippen LogP) is 2.53. The van der Waals surface area contributed by atoms with E-state index in [1.54, 1.807) is 0 Å². The Morgan fingerprint density at radius 2 is 2.00 bits per heavy atom. The van der Waals surface area contributed by atoms with Crippen LogP contribution in [0.4, 0.5) is 0 Å². The Hall–Kier alpha value is -1.06. The van der Waals surface area contributed by atoms with Gasteiger partial charge in [-0.25, -0.2) is 0 Å². The molecule has 0 aromatic carbocycles. The first-order valence-corrected chi connectivity index (χ1v) is 8.33. The Bertz CT molecular complexity index is 400. The lowest BCUT2D eigenvalue weighted by Crippen LogP contribution is -2.31. The van der Waals surface area contributed by atoms with E-state index in [1.807, 2.05) is 9.80 Å². The van der Waals surface area contributed by atoms with Crippen LogP contribution in [-0.2, 0) is 9.59 Å². The molecule has 0 N–H and O–H groups in total. The molecule has 4 nitrogen and oxygen atoms in total. The number of nitrogens with zero attached hydrogens (tertiary/aromatic N) is 2. The zero-order valence-electron chi connectivity index (χ0n) is 14.0. The number of hydrogen-bond acceptors (Lipinski definition) is 2. The van der Waals surface area contributed by atoms with Crippen LogP contribution in [0.1, 0.15) is 53.4 Å². The normalized spacial score (nSPS) is 26.8. The van der Waals surface area contributed by atoms with Gasteiger partial charge in [0.05, 0.1) is 0 Å². The van der Waals surface area contributed by atoms with Crippen molar-refractivity contribution in [3.05, 3.63) is 0 Å². The van der Waals surface area contributed by atoms with Gasteiger partial charge in [0.15, 0.2) is 0 Å². The van der Waals surface area contributed by atoms with Crippen LogP contribution < -0.4 is 0 Å². The summed E-state index contributed by atoms with van der Waals surface area (Å²) in [6.45, 7) is 12.2. The topological polar surface area (TPSA) is 40.6 Å². The summed E-state index contributed by atoms with van der Waals surface area (Å²) in [4.78, 5) is 28.1. The van der Waals surface area contributed by atoms with E-state index in [9.17, 15) is 9.59 Å². The van der Waals surface area contributed by atoms with Crippen molar-refractivity contribution in [2.75, 3.05) is 26.2 Å². The molecule has 120 valence electrons. The molecule has 2 fully saturated rings. The average molecular weight is 294 g/mol. The van der Waals surface area contributed by atoms with E-state index in [-0.39, 0.29) is 17.2 Å². The number of likely N-dealkylation sites (tertiary alicyclic amines) is 2. The van der Waals surface area contributed by atoms with E-state index in [0.717, 1.165) is 39.0 Å². The SMILES string of the molecule is C[C@H]1CCN(C(=O)CCCN2CC(C(C)(C)C)CC2=O)C1. The molecule has 0 bridgehead atoms. The molecule has 1 unspecified atom stereocenters. The molecule has 0 spiro atoms. The van der Waals surface area contributed by atoms with Crippen LogP contribution in [0, 0.1) is 17.3 Å². The summed E-state index contributed by atoms with van der Waals surface area (Å²) < 4.78 is 0. The molecule has 2 saturated heterocycles. The van der Waals surface area contributed by atoms with Crippen LogP contribution in [0.3, 0.4) is 0 Å². The largest absolute Gasteiger partial charge is 0.342 e. The van der Waals surface area contributed by atoms with Gasteiger partial charge in [-0.2, -0.15) is 0 Å². The van der Waals surface area contributed by atoms with Crippen LogP contribution >= 0.6 is 0 Å². The maximum Gasteiger partial charge on any atom is 0.222 e. The first-order chi connectivity index (χ1) is 9.77. The highest BCUT2D eigenvalue weighted by Gasteiger charge is 2.36. The van der Waals surface area contributed by atoms with Crippen LogP contribution in [-0.4, -0.2) is 47.8 Å². The Balaban J connectivity index is 1.71. The summed E-state index contributed by atoms with van der Waals surface area (Å²) in [6, 6.07) is 0. The second kappa shape index (κ2) is 6.37. The zero-order chi connectivity index (χ0) is 15.6. The number of hydrogen-bond donors (Lipinski definition) is 0. The van der Waals surface area contributed by atoms with E-state index in [4.69, 9.17) is 0 Å². The first-order valence-electron chi connectivity index (χ1n) is 8.33. The Morgan fingerprint density at radius 3 is 2.52 bits per heavy atom. The molecule has 2 atom stereocenters. The Kier molecular flexibility index (Phi) is 4.95. The smallest absolute Gasteiger partial charge is 0.222 e. The molecule has 0 radical (unpaired) electrons. The van der Waals surface area contributed by atoms with Crippen molar-refractivity contribution >= 4 is 11.8 Å².